The summed E-state index contributed by atoms with van der Waals surface area (Å²) in [4.78, 5) is 18.1. The van der Waals surface area contributed by atoms with Crippen molar-refractivity contribution in [2.24, 2.45) is 11.7 Å². The fourth-order valence-corrected chi connectivity index (χ4v) is 2.22. The van der Waals surface area contributed by atoms with Gasteiger partial charge >= 0.3 is 0 Å². The predicted octanol–water partition coefficient (Wildman–Crippen LogP) is 1.80. The van der Waals surface area contributed by atoms with Crippen LogP contribution in [-0.2, 0) is 11.3 Å². The summed E-state index contributed by atoms with van der Waals surface area (Å²) < 4.78 is 1.87. The molecule has 1 rings (SSSR count). The summed E-state index contributed by atoms with van der Waals surface area (Å²) in [5, 5.41) is 0. The molecule has 0 bridgehead atoms. The molecule has 0 saturated heterocycles. The number of imidazole rings is 1. The topological polar surface area (TPSA) is 64.2 Å². The molecule has 2 N–H and O–H groups in total. The smallest absolute Gasteiger partial charge is 0.242 e. The van der Waals surface area contributed by atoms with Crippen molar-refractivity contribution in [2.75, 3.05) is 13.1 Å². The Bertz CT molecular complexity index is 396. The predicted molar refractivity (Wildman–Crippen MR) is 76.5 cm³/mol. The second kappa shape index (κ2) is 7.28. The third-order valence-electron chi connectivity index (χ3n) is 3.27. The Hall–Kier alpha value is -1.36. The molecule has 1 unspecified atom stereocenters. The number of amides is 1. The number of carbonyl (C=O) groups excluding carboxylic acids is 1. The van der Waals surface area contributed by atoms with E-state index in [1.54, 1.807) is 12.5 Å². The van der Waals surface area contributed by atoms with Crippen LogP contribution in [0.25, 0.3) is 0 Å². The highest BCUT2D eigenvalue weighted by Gasteiger charge is 2.16. The lowest BCUT2D eigenvalue weighted by atomic mass is 10.0. The van der Waals surface area contributed by atoms with E-state index < -0.39 is 0 Å². The van der Waals surface area contributed by atoms with Crippen LogP contribution in [0, 0.1) is 5.92 Å². The summed E-state index contributed by atoms with van der Waals surface area (Å²) in [5.41, 5.74) is 7.11. The van der Waals surface area contributed by atoms with E-state index in [0.717, 1.165) is 25.2 Å². The van der Waals surface area contributed by atoms with E-state index in [-0.39, 0.29) is 11.9 Å². The van der Waals surface area contributed by atoms with E-state index in [9.17, 15) is 4.79 Å². The maximum absolute atomic E-state index is 12.1. The van der Waals surface area contributed by atoms with Gasteiger partial charge in [0.15, 0.2) is 0 Å². The van der Waals surface area contributed by atoms with Crippen molar-refractivity contribution in [1.29, 1.82) is 0 Å². The number of hydrogen-bond donors (Lipinski definition) is 1. The van der Waals surface area contributed by atoms with Crippen LogP contribution in [0.5, 0.6) is 0 Å². The van der Waals surface area contributed by atoms with Crippen molar-refractivity contribution in [3.05, 3.63) is 18.2 Å². The molecule has 5 nitrogen and oxygen atoms in total. The van der Waals surface area contributed by atoms with Gasteiger partial charge < -0.3 is 15.2 Å². The van der Waals surface area contributed by atoms with Gasteiger partial charge in [-0.25, -0.2) is 4.98 Å². The van der Waals surface area contributed by atoms with E-state index in [0.29, 0.717) is 12.5 Å². The molecular formula is C14H26N4O. The van der Waals surface area contributed by atoms with E-state index in [1.165, 1.54) is 0 Å². The number of nitrogens with zero attached hydrogens (tertiary/aromatic N) is 3. The summed E-state index contributed by atoms with van der Waals surface area (Å²) in [6.45, 7) is 10.0. The number of likely N-dealkylation sites (N-methyl/N-ethyl adjacent to an activating group) is 1. The minimum atomic E-state index is -0.0630. The molecule has 19 heavy (non-hydrogen) atoms. The second-order valence-electron chi connectivity index (χ2n) is 5.25. The average Bonchev–Trinajstić information content (AvgIpc) is 2.77. The van der Waals surface area contributed by atoms with Crippen molar-refractivity contribution < 1.29 is 4.79 Å². The van der Waals surface area contributed by atoms with Gasteiger partial charge in [-0.3, -0.25) is 4.79 Å². The Balaban J connectivity index is 2.75. The maximum atomic E-state index is 12.1. The summed E-state index contributed by atoms with van der Waals surface area (Å²) in [6, 6.07) is -0.0630. The standard InChI is InChI=1S/C14H26N4O/c1-5-17(6-2)14(19)9-18-10-16-8-13(18)12(15)7-11(3)4/h8,10-12H,5-7,9,15H2,1-4H3. The Morgan fingerprint density at radius 3 is 2.58 bits per heavy atom. The molecule has 0 aliphatic rings. The van der Waals surface area contributed by atoms with Crippen molar-refractivity contribution in [2.45, 2.75) is 46.7 Å². The normalized spacial score (nSPS) is 12.7. The van der Waals surface area contributed by atoms with Crippen molar-refractivity contribution >= 4 is 5.91 Å². The van der Waals surface area contributed by atoms with Crippen LogP contribution in [0.2, 0.25) is 0 Å². The van der Waals surface area contributed by atoms with Gasteiger partial charge in [-0.05, 0) is 26.2 Å². The molecule has 1 aromatic heterocycles. The fraction of sp³-hybridized carbons (Fsp3) is 0.714. The number of hydrogen-bond acceptors (Lipinski definition) is 3. The summed E-state index contributed by atoms with van der Waals surface area (Å²) in [7, 11) is 0. The lowest BCUT2D eigenvalue weighted by Gasteiger charge is -2.21. The lowest BCUT2D eigenvalue weighted by molar-refractivity contribution is -0.131. The van der Waals surface area contributed by atoms with Gasteiger partial charge in [-0.2, -0.15) is 0 Å². The summed E-state index contributed by atoms with van der Waals surface area (Å²) in [6.07, 6.45) is 4.35. The molecule has 1 amide bonds. The second-order valence-corrected chi connectivity index (χ2v) is 5.25. The Morgan fingerprint density at radius 1 is 1.42 bits per heavy atom. The molecule has 0 saturated carbocycles. The fourth-order valence-electron chi connectivity index (χ4n) is 2.22. The molecule has 0 fully saturated rings. The van der Waals surface area contributed by atoms with Crippen LogP contribution in [0.3, 0.4) is 0 Å². The molecule has 5 heteroatoms. The highest BCUT2D eigenvalue weighted by atomic mass is 16.2. The molecule has 1 atom stereocenters. The molecule has 0 aliphatic carbocycles. The van der Waals surface area contributed by atoms with Crippen molar-refractivity contribution in [3.8, 4) is 0 Å². The molecule has 0 radical (unpaired) electrons. The van der Waals surface area contributed by atoms with Crippen LogP contribution < -0.4 is 5.73 Å². The van der Waals surface area contributed by atoms with Gasteiger partial charge in [0.2, 0.25) is 5.91 Å². The number of carbonyl (C=O) groups is 1. The van der Waals surface area contributed by atoms with Gasteiger partial charge in [-0.15, -0.1) is 0 Å². The first-order valence-corrected chi connectivity index (χ1v) is 7.02. The molecular weight excluding hydrogens is 240 g/mol. The van der Waals surface area contributed by atoms with Gasteiger partial charge in [0, 0.05) is 25.3 Å². The maximum Gasteiger partial charge on any atom is 0.242 e. The molecule has 0 spiro atoms. The molecule has 1 aromatic rings. The molecule has 0 aromatic carbocycles. The minimum absolute atomic E-state index is 0.0630. The first-order chi connectivity index (χ1) is 8.99. The van der Waals surface area contributed by atoms with Gasteiger partial charge in [0.25, 0.3) is 0 Å². The van der Waals surface area contributed by atoms with Gasteiger partial charge in [-0.1, -0.05) is 13.8 Å². The van der Waals surface area contributed by atoms with Crippen LogP contribution in [-0.4, -0.2) is 33.4 Å². The highest BCUT2D eigenvalue weighted by Crippen LogP contribution is 2.18. The van der Waals surface area contributed by atoms with Crippen LogP contribution in [0.4, 0.5) is 0 Å². The Labute approximate surface area is 115 Å². The number of rotatable bonds is 7. The third kappa shape index (κ3) is 4.35. The van der Waals surface area contributed by atoms with E-state index >= 15 is 0 Å². The Morgan fingerprint density at radius 2 is 2.05 bits per heavy atom. The zero-order valence-electron chi connectivity index (χ0n) is 12.5. The summed E-state index contributed by atoms with van der Waals surface area (Å²) >= 11 is 0. The monoisotopic (exact) mass is 266 g/mol. The zero-order chi connectivity index (χ0) is 14.4. The molecule has 1 heterocycles. The zero-order valence-corrected chi connectivity index (χ0v) is 12.5. The van der Waals surface area contributed by atoms with Gasteiger partial charge in [0.05, 0.1) is 12.0 Å². The van der Waals surface area contributed by atoms with E-state index in [1.807, 2.05) is 23.3 Å². The number of aromatic nitrogens is 2. The third-order valence-corrected chi connectivity index (χ3v) is 3.27. The van der Waals surface area contributed by atoms with Crippen LogP contribution in [0.1, 0.15) is 45.9 Å². The van der Waals surface area contributed by atoms with Crippen molar-refractivity contribution in [3.63, 3.8) is 0 Å². The largest absolute Gasteiger partial charge is 0.342 e. The van der Waals surface area contributed by atoms with E-state index in [2.05, 4.69) is 18.8 Å². The van der Waals surface area contributed by atoms with Gasteiger partial charge in [0.1, 0.15) is 6.54 Å². The van der Waals surface area contributed by atoms with Crippen LogP contribution >= 0.6 is 0 Å². The SMILES string of the molecule is CCN(CC)C(=O)Cn1cncc1C(N)CC(C)C. The van der Waals surface area contributed by atoms with Crippen molar-refractivity contribution in [1.82, 2.24) is 14.5 Å². The quantitative estimate of drug-likeness (QED) is 0.818. The summed E-state index contributed by atoms with van der Waals surface area (Å²) in [5.74, 6) is 0.637. The molecule has 108 valence electrons. The number of nitrogens with two attached hydrogens (primary N) is 1. The molecule has 0 aliphatic heterocycles. The Kier molecular flexibility index (Phi) is 6.02. The van der Waals surface area contributed by atoms with E-state index in [4.69, 9.17) is 5.73 Å². The first-order valence-electron chi connectivity index (χ1n) is 7.02. The highest BCUT2D eigenvalue weighted by molar-refractivity contribution is 5.76. The van der Waals surface area contributed by atoms with Crippen LogP contribution in [0.15, 0.2) is 12.5 Å². The minimum Gasteiger partial charge on any atom is -0.342 e. The average molecular weight is 266 g/mol. The lowest BCUT2D eigenvalue weighted by Crippen LogP contribution is -2.34. The first kappa shape index (κ1) is 15.7.